The standard InChI is InChI=1S/C9H9ClN2O3S/c10-6-2-1-5(16-6)8-4(15-9(11)14)3-7(13)12-8/h1-2,4,8H,3H2,(H2,11,14)(H,12,13)/t4-,8-/m1/s1. The number of primary amides is 1. The fourth-order valence-corrected chi connectivity index (χ4v) is 2.80. The average Bonchev–Trinajstić information content (AvgIpc) is 2.72. The zero-order valence-corrected chi connectivity index (χ0v) is 9.68. The van der Waals surface area contributed by atoms with Gasteiger partial charge in [0.1, 0.15) is 12.1 Å². The van der Waals surface area contributed by atoms with Gasteiger partial charge >= 0.3 is 6.09 Å². The van der Waals surface area contributed by atoms with Crippen LogP contribution in [0.1, 0.15) is 17.3 Å². The van der Waals surface area contributed by atoms with E-state index in [1.54, 1.807) is 12.1 Å². The third-order valence-corrected chi connectivity index (χ3v) is 3.56. The molecule has 2 rings (SSSR count). The Kier molecular flexibility index (Phi) is 3.02. The van der Waals surface area contributed by atoms with Crippen LogP contribution < -0.4 is 11.1 Å². The average molecular weight is 261 g/mol. The van der Waals surface area contributed by atoms with Gasteiger partial charge in [0, 0.05) is 4.88 Å². The maximum absolute atomic E-state index is 11.3. The summed E-state index contributed by atoms with van der Waals surface area (Å²) in [7, 11) is 0. The molecule has 0 aromatic carbocycles. The third kappa shape index (κ3) is 2.28. The number of amides is 2. The quantitative estimate of drug-likeness (QED) is 0.844. The summed E-state index contributed by atoms with van der Waals surface area (Å²) in [5.74, 6) is -0.166. The monoisotopic (exact) mass is 260 g/mol. The zero-order valence-electron chi connectivity index (χ0n) is 8.10. The largest absolute Gasteiger partial charge is 0.443 e. The molecule has 0 spiro atoms. The molecule has 0 radical (unpaired) electrons. The molecule has 1 aromatic rings. The molecule has 1 aliphatic heterocycles. The minimum absolute atomic E-state index is 0.128. The number of rotatable bonds is 2. The smallest absolute Gasteiger partial charge is 0.404 e. The van der Waals surface area contributed by atoms with Gasteiger partial charge in [-0.25, -0.2) is 4.79 Å². The van der Waals surface area contributed by atoms with E-state index in [2.05, 4.69) is 5.32 Å². The van der Waals surface area contributed by atoms with Crippen LogP contribution in [0.15, 0.2) is 12.1 Å². The highest BCUT2D eigenvalue weighted by atomic mass is 35.5. The fraction of sp³-hybridized carbons (Fsp3) is 0.333. The maximum Gasteiger partial charge on any atom is 0.404 e. The molecule has 0 bridgehead atoms. The molecule has 3 N–H and O–H groups in total. The lowest BCUT2D eigenvalue weighted by Gasteiger charge is -2.16. The number of hydrogen-bond acceptors (Lipinski definition) is 4. The molecule has 2 heterocycles. The second kappa shape index (κ2) is 4.31. The first kappa shape index (κ1) is 11.2. The molecule has 2 amide bonds. The highest BCUT2D eigenvalue weighted by Gasteiger charge is 2.36. The van der Waals surface area contributed by atoms with Crippen LogP contribution in [0.25, 0.3) is 0 Å². The van der Waals surface area contributed by atoms with Crippen molar-refractivity contribution in [3.05, 3.63) is 21.3 Å². The summed E-state index contributed by atoms with van der Waals surface area (Å²) in [6.45, 7) is 0. The molecule has 16 heavy (non-hydrogen) atoms. The Balaban J connectivity index is 2.18. The van der Waals surface area contributed by atoms with Crippen molar-refractivity contribution < 1.29 is 14.3 Å². The normalized spacial score (nSPS) is 24.2. The second-order valence-electron chi connectivity index (χ2n) is 3.37. The van der Waals surface area contributed by atoms with Crippen molar-refractivity contribution in [2.75, 3.05) is 0 Å². The van der Waals surface area contributed by atoms with Gasteiger partial charge < -0.3 is 15.8 Å². The highest BCUT2D eigenvalue weighted by molar-refractivity contribution is 7.16. The van der Waals surface area contributed by atoms with Crippen LogP contribution in [-0.4, -0.2) is 18.1 Å². The van der Waals surface area contributed by atoms with Crippen molar-refractivity contribution in [2.45, 2.75) is 18.6 Å². The van der Waals surface area contributed by atoms with Crippen molar-refractivity contribution in [2.24, 2.45) is 5.73 Å². The molecule has 7 heteroatoms. The second-order valence-corrected chi connectivity index (χ2v) is 5.11. The first-order chi connectivity index (χ1) is 7.56. The summed E-state index contributed by atoms with van der Waals surface area (Å²) in [5, 5.41) is 2.72. The summed E-state index contributed by atoms with van der Waals surface area (Å²) < 4.78 is 5.50. The summed E-state index contributed by atoms with van der Waals surface area (Å²) in [4.78, 5) is 22.8. The summed E-state index contributed by atoms with van der Waals surface area (Å²) in [6.07, 6.45) is -1.31. The summed E-state index contributed by atoms with van der Waals surface area (Å²) in [6, 6.07) is 3.17. The van der Waals surface area contributed by atoms with E-state index in [1.807, 2.05) is 0 Å². The topological polar surface area (TPSA) is 81.4 Å². The maximum atomic E-state index is 11.3. The zero-order chi connectivity index (χ0) is 11.7. The number of nitrogens with two attached hydrogens (primary N) is 1. The molecule has 1 aliphatic rings. The predicted molar refractivity (Wildman–Crippen MR) is 59.3 cm³/mol. The Bertz CT molecular complexity index is 434. The number of carbonyl (C=O) groups excluding carboxylic acids is 2. The van der Waals surface area contributed by atoms with Gasteiger partial charge in [0.15, 0.2) is 0 Å². The number of carbonyl (C=O) groups is 2. The molecule has 5 nitrogen and oxygen atoms in total. The molecule has 2 atom stereocenters. The van der Waals surface area contributed by atoms with Gasteiger partial charge in [-0.2, -0.15) is 0 Å². The Morgan fingerprint density at radius 1 is 1.62 bits per heavy atom. The van der Waals surface area contributed by atoms with E-state index in [-0.39, 0.29) is 18.4 Å². The van der Waals surface area contributed by atoms with Crippen molar-refractivity contribution in [3.8, 4) is 0 Å². The Hall–Kier alpha value is -1.27. The molecule has 86 valence electrons. The molecule has 1 saturated heterocycles. The van der Waals surface area contributed by atoms with Crippen LogP contribution in [0, 0.1) is 0 Å². The molecular weight excluding hydrogens is 252 g/mol. The van der Waals surface area contributed by atoms with Crippen LogP contribution in [0.4, 0.5) is 4.79 Å². The third-order valence-electron chi connectivity index (χ3n) is 2.24. The first-order valence-electron chi connectivity index (χ1n) is 4.57. The SMILES string of the molecule is NC(=O)O[C@@H]1CC(=O)N[C@H]1c1ccc(Cl)s1. The van der Waals surface area contributed by atoms with Gasteiger partial charge in [-0.15, -0.1) is 11.3 Å². The van der Waals surface area contributed by atoms with Gasteiger partial charge in [0.2, 0.25) is 5.91 Å². The van der Waals surface area contributed by atoms with Gasteiger partial charge in [0.05, 0.1) is 10.8 Å². The molecular formula is C9H9ClN2O3S. The lowest BCUT2D eigenvalue weighted by molar-refractivity contribution is -0.119. The van der Waals surface area contributed by atoms with E-state index in [0.29, 0.717) is 4.34 Å². The Morgan fingerprint density at radius 3 is 2.94 bits per heavy atom. The molecule has 0 unspecified atom stereocenters. The van der Waals surface area contributed by atoms with Crippen molar-refractivity contribution in [3.63, 3.8) is 0 Å². The van der Waals surface area contributed by atoms with Crippen molar-refractivity contribution in [1.82, 2.24) is 5.32 Å². The minimum Gasteiger partial charge on any atom is -0.443 e. The van der Waals surface area contributed by atoms with Crippen LogP contribution >= 0.6 is 22.9 Å². The lowest BCUT2D eigenvalue weighted by Crippen LogP contribution is -2.28. The van der Waals surface area contributed by atoms with Crippen LogP contribution in [0.3, 0.4) is 0 Å². The van der Waals surface area contributed by atoms with Crippen molar-refractivity contribution in [1.29, 1.82) is 0 Å². The summed E-state index contributed by atoms with van der Waals surface area (Å²) in [5.41, 5.74) is 4.94. The van der Waals surface area contributed by atoms with E-state index in [0.717, 1.165) is 4.88 Å². The van der Waals surface area contributed by atoms with Gasteiger partial charge in [-0.3, -0.25) is 4.79 Å². The number of ether oxygens (including phenoxy) is 1. The molecule has 0 aliphatic carbocycles. The number of thiophene rings is 1. The van der Waals surface area contributed by atoms with E-state index in [4.69, 9.17) is 22.1 Å². The Morgan fingerprint density at radius 2 is 2.38 bits per heavy atom. The van der Waals surface area contributed by atoms with E-state index < -0.39 is 12.2 Å². The van der Waals surface area contributed by atoms with Crippen LogP contribution in [0.5, 0.6) is 0 Å². The Labute approximate surface area is 101 Å². The lowest BCUT2D eigenvalue weighted by atomic mass is 10.1. The molecule has 1 aromatic heterocycles. The first-order valence-corrected chi connectivity index (χ1v) is 5.76. The van der Waals surface area contributed by atoms with Gasteiger partial charge in [-0.1, -0.05) is 11.6 Å². The fourth-order valence-electron chi connectivity index (χ4n) is 1.63. The number of halogens is 1. The van der Waals surface area contributed by atoms with E-state index in [1.165, 1.54) is 11.3 Å². The van der Waals surface area contributed by atoms with E-state index in [9.17, 15) is 9.59 Å². The molecule has 0 saturated carbocycles. The van der Waals surface area contributed by atoms with Gasteiger partial charge in [0.25, 0.3) is 0 Å². The highest BCUT2D eigenvalue weighted by Crippen LogP contribution is 2.33. The van der Waals surface area contributed by atoms with E-state index >= 15 is 0 Å². The van der Waals surface area contributed by atoms with Crippen LogP contribution in [-0.2, 0) is 9.53 Å². The van der Waals surface area contributed by atoms with Gasteiger partial charge in [-0.05, 0) is 12.1 Å². The predicted octanol–water partition coefficient (Wildman–Crippen LogP) is 1.43. The molecule has 1 fully saturated rings. The minimum atomic E-state index is -0.880. The summed E-state index contributed by atoms with van der Waals surface area (Å²) >= 11 is 7.14. The van der Waals surface area contributed by atoms with Crippen molar-refractivity contribution >= 4 is 34.9 Å². The number of nitrogens with one attached hydrogen (secondary N) is 1. The van der Waals surface area contributed by atoms with Crippen LogP contribution in [0.2, 0.25) is 4.34 Å². The number of hydrogen-bond donors (Lipinski definition) is 2.